The highest BCUT2D eigenvalue weighted by Gasteiger charge is 2.21. The average molecular weight is 211 g/mol. The van der Waals surface area contributed by atoms with E-state index in [1.807, 2.05) is 0 Å². The van der Waals surface area contributed by atoms with Gasteiger partial charge in [0.05, 0.1) is 0 Å². The molecule has 0 aromatic rings. The first-order valence-corrected chi connectivity index (χ1v) is 6.87. The smallest absolute Gasteiger partial charge is 0.00721 e. The normalized spacial score (nSPS) is 29.4. The summed E-state index contributed by atoms with van der Waals surface area (Å²) in [6.45, 7) is 9.31. The van der Waals surface area contributed by atoms with E-state index in [0.29, 0.717) is 6.04 Å². The van der Waals surface area contributed by atoms with Crippen LogP contribution in [0.5, 0.6) is 0 Å². The van der Waals surface area contributed by atoms with Gasteiger partial charge in [0.25, 0.3) is 0 Å². The van der Waals surface area contributed by atoms with Crippen LogP contribution in [0.3, 0.4) is 0 Å². The molecule has 0 saturated heterocycles. The molecule has 0 heterocycles. The van der Waals surface area contributed by atoms with Gasteiger partial charge in [-0.15, -0.1) is 0 Å². The first-order chi connectivity index (χ1) is 7.11. The van der Waals surface area contributed by atoms with Crippen molar-refractivity contribution in [1.29, 1.82) is 0 Å². The summed E-state index contributed by atoms with van der Waals surface area (Å²) in [6.07, 6.45) is 8.40. The molecule has 0 aromatic carbocycles. The van der Waals surface area contributed by atoms with Gasteiger partial charge in [-0.25, -0.2) is 0 Å². The van der Waals surface area contributed by atoms with Gasteiger partial charge in [-0.05, 0) is 38.0 Å². The van der Waals surface area contributed by atoms with Crippen LogP contribution >= 0.6 is 0 Å². The van der Waals surface area contributed by atoms with E-state index in [-0.39, 0.29) is 0 Å². The lowest BCUT2D eigenvalue weighted by atomic mass is 9.84. The SMILES string of the molecule is CCC1CCCC(NC(C)CC(C)C)C1. The van der Waals surface area contributed by atoms with Crippen LogP contribution in [-0.2, 0) is 0 Å². The van der Waals surface area contributed by atoms with Gasteiger partial charge in [0, 0.05) is 12.1 Å². The molecule has 1 rings (SSSR count). The van der Waals surface area contributed by atoms with E-state index < -0.39 is 0 Å². The van der Waals surface area contributed by atoms with Gasteiger partial charge in [-0.3, -0.25) is 0 Å². The summed E-state index contributed by atoms with van der Waals surface area (Å²) in [6, 6.07) is 1.50. The zero-order valence-electron chi connectivity index (χ0n) is 11.1. The zero-order valence-corrected chi connectivity index (χ0v) is 11.1. The van der Waals surface area contributed by atoms with Crippen LogP contribution in [-0.4, -0.2) is 12.1 Å². The highest BCUT2D eigenvalue weighted by molar-refractivity contribution is 4.79. The van der Waals surface area contributed by atoms with Crippen LogP contribution in [0.25, 0.3) is 0 Å². The van der Waals surface area contributed by atoms with Gasteiger partial charge in [0.2, 0.25) is 0 Å². The molecular weight excluding hydrogens is 182 g/mol. The largest absolute Gasteiger partial charge is 0.311 e. The third-order valence-electron chi connectivity index (χ3n) is 3.71. The molecule has 0 radical (unpaired) electrons. The first-order valence-electron chi connectivity index (χ1n) is 6.87. The Balaban J connectivity index is 2.25. The van der Waals surface area contributed by atoms with Crippen molar-refractivity contribution in [1.82, 2.24) is 5.32 Å². The van der Waals surface area contributed by atoms with Gasteiger partial charge in [-0.2, -0.15) is 0 Å². The van der Waals surface area contributed by atoms with Crippen LogP contribution in [0, 0.1) is 11.8 Å². The first kappa shape index (κ1) is 13.0. The van der Waals surface area contributed by atoms with Gasteiger partial charge in [0.1, 0.15) is 0 Å². The molecule has 1 aliphatic rings. The van der Waals surface area contributed by atoms with Crippen molar-refractivity contribution in [3.8, 4) is 0 Å². The molecule has 15 heavy (non-hydrogen) atoms. The molecule has 3 unspecified atom stereocenters. The Morgan fingerprint density at radius 1 is 1.20 bits per heavy atom. The van der Waals surface area contributed by atoms with E-state index in [0.717, 1.165) is 17.9 Å². The topological polar surface area (TPSA) is 12.0 Å². The van der Waals surface area contributed by atoms with E-state index in [9.17, 15) is 0 Å². The fourth-order valence-electron chi connectivity index (χ4n) is 2.99. The second-order valence-electron chi connectivity index (χ2n) is 5.84. The van der Waals surface area contributed by atoms with Crippen molar-refractivity contribution in [2.75, 3.05) is 0 Å². The molecule has 0 aliphatic heterocycles. The quantitative estimate of drug-likeness (QED) is 0.725. The van der Waals surface area contributed by atoms with Gasteiger partial charge >= 0.3 is 0 Å². The van der Waals surface area contributed by atoms with Gasteiger partial charge < -0.3 is 5.32 Å². The Morgan fingerprint density at radius 3 is 2.53 bits per heavy atom. The van der Waals surface area contributed by atoms with Crippen LogP contribution in [0.1, 0.15) is 66.2 Å². The number of hydrogen-bond donors (Lipinski definition) is 1. The minimum Gasteiger partial charge on any atom is -0.311 e. The minimum atomic E-state index is 0.700. The molecule has 1 fully saturated rings. The zero-order chi connectivity index (χ0) is 11.3. The van der Waals surface area contributed by atoms with Crippen molar-refractivity contribution < 1.29 is 0 Å². The second-order valence-corrected chi connectivity index (χ2v) is 5.84. The van der Waals surface area contributed by atoms with Crippen molar-refractivity contribution >= 4 is 0 Å². The number of rotatable bonds is 5. The Kier molecular flexibility index (Phi) is 5.66. The molecular formula is C14H29N. The maximum atomic E-state index is 3.81. The van der Waals surface area contributed by atoms with Crippen LogP contribution in [0.4, 0.5) is 0 Å². The monoisotopic (exact) mass is 211 g/mol. The van der Waals surface area contributed by atoms with E-state index in [1.165, 1.54) is 38.5 Å². The van der Waals surface area contributed by atoms with Crippen molar-refractivity contribution in [2.24, 2.45) is 11.8 Å². The number of hydrogen-bond acceptors (Lipinski definition) is 1. The summed E-state index contributed by atoms with van der Waals surface area (Å²) in [5.41, 5.74) is 0. The maximum Gasteiger partial charge on any atom is 0.00721 e. The predicted molar refractivity (Wildman–Crippen MR) is 68.1 cm³/mol. The minimum absolute atomic E-state index is 0.700. The third-order valence-corrected chi connectivity index (χ3v) is 3.71. The summed E-state index contributed by atoms with van der Waals surface area (Å²) >= 11 is 0. The van der Waals surface area contributed by atoms with Crippen LogP contribution in [0.2, 0.25) is 0 Å². The predicted octanol–water partition coefficient (Wildman–Crippen LogP) is 3.98. The standard InChI is InChI=1S/C14H29N/c1-5-13-7-6-8-14(10-13)15-12(4)9-11(2)3/h11-15H,5-10H2,1-4H3. The average Bonchev–Trinajstić information content (AvgIpc) is 2.16. The molecule has 1 saturated carbocycles. The number of nitrogens with one attached hydrogen (secondary N) is 1. The second kappa shape index (κ2) is 6.52. The molecule has 1 N–H and O–H groups in total. The molecule has 90 valence electrons. The molecule has 0 bridgehead atoms. The molecule has 1 nitrogen and oxygen atoms in total. The summed E-state index contributed by atoms with van der Waals surface area (Å²) in [7, 11) is 0. The highest BCUT2D eigenvalue weighted by atomic mass is 14.9. The molecule has 1 heteroatoms. The third kappa shape index (κ3) is 5.01. The fourth-order valence-corrected chi connectivity index (χ4v) is 2.99. The summed E-state index contributed by atoms with van der Waals surface area (Å²) in [5.74, 6) is 1.81. The molecule has 1 aliphatic carbocycles. The molecule has 3 atom stereocenters. The van der Waals surface area contributed by atoms with Crippen molar-refractivity contribution in [2.45, 2.75) is 78.3 Å². The summed E-state index contributed by atoms with van der Waals surface area (Å²) in [5, 5.41) is 3.81. The van der Waals surface area contributed by atoms with E-state index in [4.69, 9.17) is 0 Å². The molecule has 0 amide bonds. The van der Waals surface area contributed by atoms with E-state index in [1.54, 1.807) is 0 Å². The van der Waals surface area contributed by atoms with Gasteiger partial charge in [-0.1, -0.05) is 40.0 Å². The highest BCUT2D eigenvalue weighted by Crippen LogP contribution is 2.27. The Morgan fingerprint density at radius 2 is 1.93 bits per heavy atom. The summed E-state index contributed by atoms with van der Waals surface area (Å²) < 4.78 is 0. The van der Waals surface area contributed by atoms with Crippen LogP contribution < -0.4 is 5.32 Å². The lowest BCUT2D eigenvalue weighted by Gasteiger charge is -2.32. The lowest BCUT2D eigenvalue weighted by molar-refractivity contribution is 0.256. The van der Waals surface area contributed by atoms with E-state index >= 15 is 0 Å². The maximum absolute atomic E-state index is 3.81. The molecule has 0 aromatic heterocycles. The van der Waals surface area contributed by atoms with Crippen molar-refractivity contribution in [3.63, 3.8) is 0 Å². The van der Waals surface area contributed by atoms with Crippen molar-refractivity contribution in [3.05, 3.63) is 0 Å². The summed E-state index contributed by atoms with van der Waals surface area (Å²) in [4.78, 5) is 0. The molecule has 0 spiro atoms. The van der Waals surface area contributed by atoms with Crippen LogP contribution in [0.15, 0.2) is 0 Å². The lowest BCUT2D eigenvalue weighted by Crippen LogP contribution is -2.40. The Hall–Kier alpha value is -0.0400. The van der Waals surface area contributed by atoms with Gasteiger partial charge in [0.15, 0.2) is 0 Å². The fraction of sp³-hybridized carbons (Fsp3) is 1.00. The van der Waals surface area contributed by atoms with E-state index in [2.05, 4.69) is 33.0 Å². The Bertz CT molecular complexity index is 165. The Labute approximate surface area is 96.0 Å².